The summed E-state index contributed by atoms with van der Waals surface area (Å²) in [6.45, 7) is 0. The van der Waals surface area contributed by atoms with E-state index >= 15 is 0 Å². The maximum atomic E-state index is 10.9. The molecule has 0 spiro atoms. The van der Waals surface area contributed by atoms with Gasteiger partial charge in [-0.2, -0.15) is 9.78 Å². The highest BCUT2D eigenvalue weighted by molar-refractivity contribution is 5.66. The molecule has 2 aromatic rings. The number of carbonyl (C=O) groups is 1. The molecular formula is C11H9N3O5. The number of rotatable bonds is 3. The molecule has 0 fully saturated rings. The molecule has 1 heterocycles. The predicted octanol–water partition coefficient (Wildman–Crippen LogP) is 1.40. The summed E-state index contributed by atoms with van der Waals surface area (Å²) in [7, 11) is 0. The lowest BCUT2D eigenvalue weighted by Gasteiger charge is -2.08. The van der Waals surface area contributed by atoms with E-state index in [1.54, 1.807) is 6.07 Å². The van der Waals surface area contributed by atoms with Crippen LogP contribution in [0.4, 0.5) is 10.5 Å². The highest BCUT2D eigenvalue weighted by Gasteiger charge is 2.22. The Bertz CT molecular complexity index is 637. The second kappa shape index (κ2) is 4.86. The van der Waals surface area contributed by atoms with E-state index in [0.717, 1.165) is 12.4 Å². The first kappa shape index (κ1) is 12.7. The highest BCUT2D eigenvalue weighted by Crippen LogP contribution is 2.29. The minimum atomic E-state index is -1.31. The van der Waals surface area contributed by atoms with Gasteiger partial charge in [-0.3, -0.25) is 10.1 Å². The Labute approximate surface area is 106 Å². The summed E-state index contributed by atoms with van der Waals surface area (Å²) >= 11 is 0. The van der Waals surface area contributed by atoms with Gasteiger partial charge in [-0.15, -0.1) is 0 Å². The number of benzene rings is 1. The van der Waals surface area contributed by atoms with Gasteiger partial charge in [0, 0.05) is 17.8 Å². The van der Waals surface area contributed by atoms with Gasteiger partial charge in [0.1, 0.15) is 6.10 Å². The molecule has 1 unspecified atom stereocenters. The topological polar surface area (TPSA) is 118 Å². The van der Waals surface area contributed by atoms with Crippen LogP contribution in [-0.2, 0) is 0 Å². The van der Waals surface area contributed by atoms with Crippen LogP contribution in [0.15, 0.2) is 36.7 Å². The molecule has 0 saturated heterocycles. The second-order valence-electron chi connectivity index (χ2n) is 3.72. The highest BCUT2D eigenvalue weighted by atomic mass is 16.6. The van der Waals surface area contributed by atoms with Crippen LogP contribution in [0.5, 0.6) is 0 Å². The molecule has 8 nitrogen and oxygen atoms in total. The van der Waals surface area contributed by atoms with Crippen molar-refractivity contribution in [3.05, 3.63) is 57.9 Å². The van der Waals surface area contributed by atoms with E-state index in [1.807, 2.05) is 0 Å². The molecule has 0 saturated carbocycles. The maximum Gasteiger partial charge on any atom is 0.432 e. The number of carboxylic acid groups (broad SMARTS) is 1. The van der Waals surface area contributed by atoms with E-state index < -0.39 is 17.1 Å². The number of aliphatic hydroxyl groups excluding tert-OH is 1. The molecule has 0 bridgehead atoms. The Kier molecular flexibility index (Phi) is 3.25. The van der Waals surface area contributed by atoms with Crippen LogP contribution in [0.1, 0.15) is 17.2 Å². The van der Waals surface area contributed by atoms with Gasteiger partial charge >= 0.3 is 6.09 Å². The number of hydrogen-bond acceptors (Lipinski definition) is 5. The van der Waals surface area contributed by atoms with Crippen molar-refractivity contribution in [1.29, 1.82) is 0 Å². The number of nitro benzene ring substituents is 1. The lowest BCUT2D eigenvalue weighted by molar-refractivity contribution is -0.386. The molecule has 0 radical (unpaired) electrons. The Balaban J connectivity index is 2.40. The summed E-state index contributed by atoms with van der Waals surface area (Å²) in [5.74, 6) is 0. The van der Waals surface area contributed by atoms with E-state index in [4.69, 9.17) is 5.11 Å². The number of para-hydroxylation sites is 1. The lowest BCUT2D eigenvalue weighted by atomic mass is 10.0. The van der Waals surface area contributed by atoms with Crippen molar-refractivity contribution in [3.63, 3.8) is 0 Å². The molecule has 8 heteroatoms. The first-order valence-electron chi connectivity index (χ1n) is 5.20. The Hall–Kier alpha value is -2.74. The van der Waals surface area contributed by atoms with E-state index in [9.17, 15) is 20.0 Å². The Morgan fingerprint density at radius 3 is 2.68 bits per heavy atom. The summed E-state index contributed by atoms with van der Waals surface area (Å²) in [5.41, 5.74) is 0.00668. The van der Waals surface area contributed by atoms with Crippen LogP contribution in [-0.4, -0.2) is 31.0 Å². The van der Waals surface area contributed by atoms with Crippen molar-refractivity contribution in [2.45, 2.75) is 6.10 Å². The van der Waals surface area contributed by atoms with E-state index in [1.165, 1.54) is 18.2 Å². The van der Waals surface area contributed by atoms with Crippen molar-refractivity contribution >= 4 is 11.8 Å². The first-order valence-corrected chi connectivity index (χ1v) is 5.20. The smallest absolute Gasteiger partial charge is 0.432 e. The van der Waals surface area contributed by atoms with Crippen molar-refractivity contribution in [2.75, 3.05) is 0 Å². The molecule has 98 valence electrons. The van der Waals surface area contributed by atoms with Crippen LogP contribution in [0, 0.1) is 10.1 Å². The lowest BCUT2D eigenvalue weighted by Crippen LogP contribution is -2.08. The van der Waals surface area contributed by atoms with Crippen LogP contribution in [0.3, 0.4) is 0 Å². The standard InChI is InChI=1S/C11H9N3O5/c15-10(7-5-12-13(6-7)11(16)17)8-3-1-2-4-9(8)14(18)19/h1-6,10,15H,(H,16,17). The van der Waals surface area contributed by atoms with Crippen molar-refractivity contribution in [3.8, 4) is 0 Å². The molecular weight excluding hydrogens is 254 g/mol. The van der Waals surface area contributed by atoms with E-state index in [2.05, 4.69) is 5.10 Å². The zero-order chi connectivity index (χ0) is 14.0. The third kappa shape index (κ3) is 2.43. The van der Waals surface area contributed by atoms with Gasteiger partial charge in [-0.05, 0) is 6.07 Å². The zero-order valence-electron chi connectivity index (χ0n) is 9.50. The number of hydrogen-bond donors (Lipinski definition) is 2. The third-order valence-electron chi connectivity index (χ3n) is 2.54. The van der Waals surface area contributed by atoms with Crippen molar-refractivity contribution in [2.24, 2.45) is 0 Å². The molecule has 2 rings (SSSR count). The Morgan fingerprint density at radius 1 is 1.42 bits per heavy atom. The summed E-state index contributed by atoms with van der Waals surface area (Å²) in [6.07, 6.45) is -0.366. The van der Waals surface area contributed by atoms with Crippen LogP contribution >= 0.6 is 0 Å². The first-order chi connectivity index (χ1) is 9.00. The van der Waals surface area contributed by atoms with Crippen LogP contribution in [0.2, 0.25) is 0 Å². The molecule has 1 aromatic carbocycles. The van der Waals surface area contributed by atoms with Gasteiger partial charge in [0.25, 0.3) is 5.69 Å². The molecule has 0 aliphatic rings. The van der Waals surface area contributed by atoms with Crippen LogP contribution in [0.25, 0.3) is 0 Å². The largest absolute Gasteiger partial charge is 0.463 e. The summed E-state index contributed by atoms with van der Waals surface area (Å²) in [6, 6.07) is 5.70. The number of aliphatic hydroxyl groups is 1. The Morgan fingerprint density at radius 2 is 2.11 bits per heavy atom. The summed E-state index contributed by atoms with van der Waals surface area (Å²) in [5, 5.41) is 33.1. The third-order valence-corrected chi connectivity index (χ3v) is 2.54. The minimum absolute atomic E-state index is 0.0810. The van der Waals surface area contributed by atoms with Gasteiger partial charge in [-0.25, -0.2) is 4.79 Å². The normalized spacial score (nSPS) is 12.1. The van der Waals surface area contributed by atoms with Gasteiger partial charge in [0.2, 0.25) is 0 Å². The molecule has 1 aromatic heterocycles. The van der Waals surface area contributed by atoms with Crippen LogP contribution < -0.4 is 0 Å². The molecule has 1 atom stereocenters. The number of nitro groups is 1. The fourth-order valence-electron chi connectivity index (χ4n) is 1.65. The minimum Gasteiger partial charge on any atom is -0.463 e. The van der Waals surface area contributed by atoms with E-state index in [0.29, 0.717) is 4.68 Å². The fraction of sp³-hybridized carbons (Fsp3) is 0.0909. The van der Waals surface area contributed by atoms with Gasteiger partial charge < -0.3 is 10.2 Å². The zero-order valence-corrected chi connectivity index (χ0v) is 9.50. The predicted molar refractivity (Wildman–Crippen MR) is 62.8 cm³/mol. The average molecular weight is 263 g/mol. The molecule has 0 aliphatic heterocycles. The molecule has 0 amide bonds. The molecule has 0 aliphatic carbocycles. The van der Waals surface area contributed by atoms with Gasteiger partial charge in [0.05, 0.1) is 16.7 Å². The molecule has 2 N–H and O–H groups in total. The molecule has 19 heavy (non-hydrogen) atoms. The maximum absolute atomic E-state index is 10.9. The van der Waals surface area contributed by atoms with Crippen molar-refractivity contribution in [1.82, 2.24) is 9.78 Å². The quantitative estimate of drug-likeness (QED) is 0.638. The number of nitrogens with zero attached hydrogens (tertiary/aromatic N) is 3. The second-order valence-corrected chi connectivity index (χ2v) is 3.72. The van der Waals surface area contributed by atoms with Gasteiger partial charge in [-0.1, -0.05) is 12.1 Å². The van der Waals surface area contributed by atoms with Gasteiger partial charge in [0.15, 0.2) is 0 Å². The average Bonchev–Trinajstić information content (AvgIpc) is 2.87. The monoisotopic (exact) mass is 263 g/mol. The summed E-state index contributed by atoms with van der Waals surface area (Å²) < 4.78 is 0.618. The fourth-order valence-corrected chi connectivity index (χ4v) is 1.65. The van der Waals surface area contributed by atoms with Crippen molar-refractivity contribution < 1.29 is 19.9 Å². The van der Waals surface area contributed by atoms with E-state index in [-0.39, 0.29) is 16.8 Å². The number of aromatic nitrogens is 2. The SMILES string of the molecule is O=C(O)n1cc(C(O)c2ccccc2[N+](=O)[O-])cn1. The summed E-state index contributed by atoms with van der Waals surface area (Å²) in [4.78, 5) is 20.9.